The Bertz CT molecular complexity index is 1060. The first-order valence-corrected chi connectivity index (χ1v) is 9.56. The van der Waals surface area contributed by atoms with Crippen molar-refractivity contribution < 1.29 is 9.53 Å². The first kappa shape index (κ1) is 18.3. The van der Waals surface area contributed by atoms with Crippen LogP contribution >= 0.6 is 0 Å². The minimum absolute atomic E-state index is 0.0276. The normalized spacial score (nSPS) is 19.5. The second-order valence-electron chi connectivity index (χ2n) is 7.37. The molecule has 2 N–H and O–H groups in total. The van der Waals surface area contributed by atoms with E-state index in [1.54, 1.807) is 19.5 Å². The van der Waals surface area contributed by atoms with Crippen molar-refractivity contribution in [1.82, 2.24) is 14.5 Å². The van der Waals surface area contributed by atoms with Crippen LogP contribution in [0.1, 0.15) is 37.3 Å². The Morgan fingerprint density at radius 2 is 2.04 bits per heavy atom. The molecule has 1 saturated carbocycles. The smallest absolute Gasteiger partial charge is 0.326 e. The maximum Gasteiger partial charge on any atom is 0.326 e. The number of ether oxygens (including phenoxy) is 1. The van der Waals surface area contributed by atoms with E-state index in [1.807, 2.05) is 35.8 Å². The zero-order chi connectivity index (χ0) is 19.7. The zero-order valence-corrected chi connectivity index (χ0v) is 16.1. The Kier molecular flexibility index (Phi) is 4.90. The Morgan fingerprint density at radius 3 is 2.79 bits per heavy atom. The van der Waals surface area contributed by atoms with Gasteiger partial charge in [-0.3, -0.25) is 14.3 Å². The summed E-state index contributed by atoms with van der Waals surface area (Å²) in [6.45, 7) is 1.97. The number of benzene rings is 1. The average Bonchev–Trinajstić information content (AvgIpc) is 3.05. The molecule has 0 bridgehead atoms. The third kappa shape index (κ3) is 3.40. The van der Waals surface area contributed by atoms with Gasteiger partial charge in [-0.2, -0.15) is 0 Å². The first-order valence-electron chi connectivity index (χ1n) is 9.56. The van der Waals surface area contributed by atoms with Crippen LogP contribution in [0, 0.1) is 12.8 Å². The summed E-state index contributed by atoms with van der Waals surface area (Å²) in [6.07, 6.45) is 6.46. The monoisotopic (exact) mass is 380 g/mol. The molecule has 0 atom stereocenters. The topological polar surface area (TPSA) is 89.0 Å². The van der Waals surface area contributed by atoms with Gasteiger partial charge in [-0.05, 0) is 50.3 Å². The van der Waals surface area contributed by atoms with Crippen molar-refractivity contribution in [1.29, 1.82) is 0 Å². The lowest BCUT2D eigenvalue weighted by Crippen LogP contribution is -2.31. The lowest BCUT2D eigenvalue weighted by molar-refractivity contribution is -0.121. The highest BCUT2D eigenvalue weighted by molar-refractivity contribution is 5.92. The third-order valence-electron chi connectivity index (χ3n) is 5.63. The molecule has 0 aliphatic heterocycles. The lowest BCUT2D eigenvalue weighted by Gasteiger charge is -2.28. The first-order chi connectivity index (χ1) is 13.6. The van der Waals surface area contributed by atoms with E-state index in [0.717, 1.165) is 53.7 Å². The molecule has 1 aliphatic carbocycles. The fraction of sp³-hybridized carbons (Fsp3) is 0.381. The standard InChI is InChI=1S/C21H24N4O3/c1-13-3-6-15(11-19(13)28-2)23-20(26)14-4-7-16(8-5-14)25-18-9-10-22-12-17(18)24-21(25)27/h3,6,9-12,14,16H,4-5,7-8H2,1-2H3,(H,23,26)(H,24,27)/t14-,16+. The Morgan fingerprint density at radius 1 is 1.25 bits per heavy atom. The molecule has 7 heteroatoms. The summed E-state index contributed by atoms with van der Waals surface area (Å²) in [5.41, 5.74) is 3.29. The summed E-state index contributed by atoms with van der Waals surface area (Å²) in [6, 6.07) is 7.63. The molecule has 2 aromatic heterocycles. The van der Waals surface area contributed by atoms with Crippen molar-refractivity contribution >= 4 is 22.6 Å². The number of nitrogens with zero attached hydrogens (tertiary/aromatic N) is 2. The minimum atomic E-state index is -0.109. The average molecular weight is 380 g/mol. The second kappa shape index (κ2) is 7.50. The van der Waals surface area contributed by atoms with Crippen LogP contribution in [-0.2, 0) is 4.79 Å². The van der Waals surface area contributed by atoms with Crippen LogP contribution < -0.4 is 15.7 Å². The molecule has 28 heavy (non-hydrogen) atoms. The van der Waals surface area contributed by atoms with E-state index in [9.17, 15) is 9.59 Å². The molecular weight excluding hydrogens is 356 g/mol. The number of amides is 1. The number of aryl methyl sites for hydroxylation is 1. The molecule has 1 aliphatic rings. The van der Waals surface area contributed by atoms with Gasteiger partial charge in [0.05, 0.1) is 24.3 Å². The minimum Gasteiger partial charge on any atom is -0.496 e. The number of pyridine rings is 1. The van der Waals surface area contributed by atoms with Gasteiger partial charge < -0.3 is 15.0 Å². The maximum atomic E-state index is 12.7. The number of H-pyrrole nitrogens is 1. The number of carbonyl (C=O) groups is 1. The zero-order valence-electron chi connectivity index (χ0n) is 16.1. The predicted molar refractivity (Wildman–Crippen MR) is 108 cm³/mol. The van der Waals surface area contributed by atoms with Crippen LogP contribution in [-0.4, -0.2) is 27.6 Å². The summed E-state index contributed by atoms with van der Waals surface area (Å²) in [4.78, 5) is 32.0. The number of fused-ring (bicyclic) bond motifs is 1. The van der Waals surface area contributed by atoms with Crippen LogP contribution in [0.15, 0.2) is 41.5 Å². The Balaban J connectivity index is 1.43. The van der Waals surface area contributed by atoms with Crippen LogP contribution in [0.2, 0.25) is 0 Å². The molecule has 7 nitrogen and oxygen atoms in total. The van der Waals surface area contributed by atoms with E-state index in [-0.39, 0.29) is 23.6 Å². The molecule has 3 aromatic rings. The SMILES string of the molecule is COc1cc(NC(=O)[C@H]2CC[C@@H](n3c(=O)[nH]c4cnccc43)CC2)ccc1C. The van der Waals surface area contributed by atoms with E-state index >= 15 is 0 Å². The number of anilines is 1. The van der Waals surface area contributed by atoms with Crippen LogP contribution in [0.3, 0.4) is 0 Å². The van der Waals surface area contributed by atoms with Crippen molar-refractivity contribution in [3.05, 3.63) is 52.7 Å². The third-order valence-corrected chi connectivity index (χ3v) is 5.63. The van der Waals surface area contributed by atoms with Crippen molar-refractivity contribution in [3.8, 4) is 5.75 Å². The molecule has 0 saturated heterocycles. The summed E-state index contributed by atoms with van der Waals surface area (Å²) in [5.74, 6) is 0.737. The largest absolute Gasteiger partial charge is 0.496 e. The second-order valence-corrected chi connectivity index (χ2v) is 7.37. The van der Waals surface area contributed by atoms with Crippen LogP contribution in [0.5, 0.6) is 5.75 Å². The number of hydrogen-bond acceptors (Lipinski definition) is 4. The Hall–Kier alpha value is -3.09. The number of nitrogens with one attached hydrogen (secondary N) is 2. The fourth-order valence-corrected chi connectivity index (χ4v) is 4.08. The van der Waals surface area contributed by atoms with Gasteiger partial charge in [-0.15, -0.1) is 0 Å². The van der Waals surface area contributed by atoms with Gasteiger partial charge >= 0.3 is 5.69 Å². The van der Waals surface area contributed by atoms with E-state index in [1.165, 1.54) is 0 Å². The van der Waals surface area contributed by atoms with Crippen molar-refractivity contribution in [2.24, 2.45) is 5.92 Å². The summed E-state index contributed by atoms with van der Waals surface area (Å²) in [7, 11) is 1.62. The molecule has 0 spiro atoms. The highest BCUT2D eigenvalue weighted by Crippen LogP contribution is 2.34. The summed E-state index contributed by atoms with van der Waals surface area (Å²) >= 11 is 0. The highest BCUT2D eigenvalue weighted by atomic mass is 16.5. The van der Waals surface area contributed by atoms with Gasteiger partial charge in [0.2, 0.25) is 5.91 Å². The van der Waals surface area contributed by atoms with E-state index < -0.39 is 0 Å². The Labute approximate surface area is 162 Å². The van der Waals surface area contributed by atoms with Gasteiger partial charge in [-0.1, -0.05) is 6.07 Å². The van der Waals surface area contributed by atoms with E-state index in [0.29, 0.717) is 0 Å². The molecular formula is C21H24N4O3. The van der Waals surface area contributed by atoms with E-state index in [2.05, 4.69) is 15.3 Å². The van der Waals surface area contributed by atoms with Gasteiger partial charge in [0.25, 0.3) is 0 Å². The molecule has 1 amide bonds. The number of hydrogen-bond donors (Lipinski definition) is 2. The summed E-state index contributed by atoms with van der Waals surface area (Å²) < 4.78 is 7.14. The fourth-order valence-electron chi connectivity index (χ4n) is 4.08. The predicted octanol–water partition coefficient (Wildman–Crippen LogP) is 3.41. The van der Waals surface area contributed by atoms with Crippen LogP contribution in [0.25, 0.3) is 11.0 Å². The molecule has 2 heterocycles. The molecule has 146 valence electrons. The molecule has 4 rings (SSSR count). The number of carbonyl (C=O) groups excluding carboxylic acids is 1. The van der Waals surface area contributed by atoms with Crippen molar-refractivity contribution in [2.45, 2.75) is 38.6 Å². The van der Waals surface area contributed by atoms with E-state index in [4.69, 9.17) is 4.74 Å². The number of imidazole rings is 1. The quantitative estimate of drug-likeness (QED) is 0.726. The molecule has 1 fully saturated rings. The van der Waals surface area contributed by atoms with Crippen LogP contribution in [0.4, 0.5) is 5.69 Å². The molecule has 0 radical (unpaired) electrons. The maximum absolute atomic E-state index is 12.7. The van der Waals surface area contributed by atoms with Gasteiger partial charge in [-0.25, -0.2) is 4.79 Å². The highest BCUT2D eigenvalue weighted by Gasteiger charge is 2.29. The van der Waals surface area contributed by atoms with Gasteiger partial charge in [0.15, 0.2) is 0 Å². The number of rotatable bonds is 4. The van der Waals surface area contributed by atoms with Gasteiger partial charge in [0, 0.05) is 29.9 Å². The number of aromatic amines is 1. The van der Waals surface area contributed by atoms with Gasteiger partial charge in [0.1, 0.15) is 5.75 Å². The summed E-state index contributed by atoms with van der Waals surface area (Å²) in [5, 5.41) is 3.00. The molecule has 1 aromatic carbocycles. The van der Waals surface area contributed by atoms with Crippen molar-refractivity contribution in [3.63, 3.8) is 0 Å². The number of aromatic nitrogens is 3. The van der Waals surface area contributed by atoms with Crippen molar-refractivity contribution in [2.75, 3.05) is 12.4 Å². The molecule has 0 unspecified atom stereocenters. The number of methoxy groups -OCH3 is 1. The lowest BCUT2D eigenvalue weighted by atomic mass is 9.85.